The smallest absolute Gasteiger partial charge is 0.257 e. The lowest BCUT2D eigenvalue weighted by atomic mass is 10.1. The molecular formula is C28H28N4O4. The molecule has 1 saturated heterocycles. The highest BCUT2D eigenvalue weighted by molar-refractivity contribution is 6.03. The summed E-state index contributed by atoms with van der Waals surface area (Å²) in [6.45, 7) is 3.51. The number of rotatable bonds is 6. The van der Waals surface area contributed by atoms with Crippen molar-refractivity contribution in [2.45, 2.75) is 12.5 Å². The van der Waals surface area contributed by atoms with Crippen LogP contribution in [0, 0.1) is 0 Å². The number of furan rings is 2. The standard InChI is InChI=1S/C28H28N4O4/c1-34-25-10-5-3-8-22(25)31-14-12-30(13-15-31)19-28(33)32-23(26-11-6-16-35-26)18-21(29-32)27-17-20-7-2-4-9-24(20)36-27/h2-11,16-17,23H,12-15,18-19H2,1H3. The van der Waals surface area contributed by atoms with Crippen LogP contribution in [0.25, 0.3) is 11.0 Å². The Balaban J connectivity index is 1.17. The van der Waals surface area contributed by atoms with E-state index in [4.69, 9.17) is 18.7 Å². The number of amides is 1. The maximum absolute atomic E-state index is 13.5. The molecule has 184 valence electrons. The van der Waals surface area contributed by atoms with E-state index in [0.717, 1.165) is 60.1 Å². The molecule has 8 nitrogen and oxygen atoms in total. The first-order valence-corrected chi connectivity index (χ1v) is 12.2. The van der Waals surface area contributed by atoms with Gasteiger partial charge in [0.05, 0.1) is 25.6 Å². The Morgan fingerprint density at radius 1 is 1.03 bits per heavy atom. The number of hydrogen-bond donors (Lipinski definition) is 0. The van der Waals surface area contributed by atoms with Crippen LogP contribution in [0.15, 0.2) is 86.9 Å². The summed E-state index contributed by atoms with van der Waals surface area (Å²) in [6, 6.07) is 21.4. The highest BCUT2D eigenvalue weighted by atomic mass is 16.5. The summed E-state index contributed by atoms with van der Waals surface area (Å²) in [6.07, 6.45) is 2.18. The summed E-state index contributed by atoms with van der Waals surface area (Å²) in [4.78, 5) is 18.0. The molecule has 36 heavy (non-hydrogen) atoms. The summed E-state index contributed by atoms with van der Waals surface area (Å²) in [5.74, 6) is 2.23. The number of fused-ring (bicyclic) bond motifs is 1. The van der Waals surface area contributed by atoms with Gasteiger partial charge < -0.3 is 18.5 Å². The first kappa shape index (κ1) is 22.4. The highest BCUT2D eigenvalue weighted by Gasteiger charge is 2.36. The number of carbonyl (C=O) groups excluding carboxylic acids is 1. The van der Waals surface area contributed by atoms with Crippen LogP contribution < -0.4 is 9.64 Å². The van der Waals surface area contributed by atoms with Crippen LogP contribution in [-0.2, 0) is 4.79 Å². The number of methoxy groups -OCH3 is 1. The van der Waals surface area contributed by atoms with Crippen molar-refractivity contribution in [3.05, 3.63) is 84.5 Å². The average molecular weight is 485 g/mol. The molecule has 6 rings (SSSR count). The number of para-hydroxylation sites is 3. The molecule has 1 amide bonds. The molecule has 4 aromatic rings. The Bertz CT molecular complexity index is 1350. The maximum Gasteiger partial charge on any atom is 0.257 e. The lowest BCUT2D eigenvalue weighted by molar-refractivity contribution is -0.134. The molecule has 0 N–H and O–H groups in total. The first-order valence-electron chi connectivity index (χ1n) is 12.2. The number of ether oxygens (including phenoxy) is 1. The second kappa shape index (κ2) is 9.54. The van der Waals surface area contributed by atoms with Gasteiger partial charge in [0.25, 0.3) is 5.91 Å². The van der Waals surface area contributed by atoms with Gasteiger partial charge in [-0.3, -0.25) is 9.69 Å². The minimum Gasteiger partial charge on any atom is -0.495 e. The first-order chi connectivity index (χ1) is 17.7. The number of nitrogens with zero attached hydrogens (tertiary/aromatic N) is 4. The molecule has 0 aliphatic carbocycles. The van der Waals surface area contributed by atoms with Gasteiger partial charge in [0.2, 0.25) is 0 Å². The van der Waals surface area contributed by atoms with Gasteiger partial charge in [-0.2, -0.15) is 5.10 Å². The van der Waals surface area contributed by atoms with Crippen LogP contribution in [0.2, 0.25) is 0 Å². The van der Waals surface area contributed by atoms with E-state index < -0.39 is 0 Å². The third kappa shape index (κ3) is 4.24. The van der Waals surface area contributed by atoms with Gasteiger partial charge >= 0.3 is 0 Å². The zero-order valence-electron chi connectivity index (χ0n) is 20.2. The maximum atomic E-state index is 13.5. The molecule has 2 aromatic heterocycles. The Morgan fingerprint density at radius 2 is 1.83 bits per heavy atom. The van der Waals surface area contributed by atoms with Crippen molar-refractivity contribution in [3.8, 4) is 5.75 Å². The molecule has 0 bridgehead atoms. The predicted molar refractivity (Wildman–Crippen MR) is 137 cm³/mol. The normalized spacial score (nSPS) is 18.6. The molecule has 2 aromatic carbocycles. The van der Waals surface area contributed by atoms with Crippen molar-refractivity contribution in [2.24, 2.45) is 5.10 Å². The van der Waals surface area contributed by atoms with Crippen molar-refractivity contribution in [3.63, 3.8) is 0 Å². The third-order valence-electron chi connectivity index (χ3n) is 6.90. The van der Waals surface area contributed by atoms with Gasteiger partial charge in [-0.05, 0) is 36.4 Å². The highest BCUT2D eigenvalue weighted by Crippen LogP contribution is 2.35. The lowest BCUT2D eigenvalue weighted by Crippen LogP contribution is -2.49. The van der Waals surface area contributed by atoms with Crippen molar-refractivity contribution in [2.75, 3.05) is 44.7 Å². The number of benzene rings is 2. The molecule has 2 aliphatic rings. The molecule has 4 heterocycles. The SMILES string of the molecule is COc1ccccc1N1CCN(CC(=O)N2N=C(c3cc4ccccc4o3)CC2c2ccco2)CC1. The molecule has 8 heteroatoms. The van der Waals surface area contributed by atoms with Gasteiger partial charge in [0.1, 0.15) is 28.8 Å². The number of hydrogen-bond acceptors (Lipinski definition) is 7. The van der Waals surface area contributed by atoms with E-state index in [1.165, 1.54) is 0 Å². The quantitative estimate of drug-likeness (QED) is 0.400. The minimum atomic E-state index is -0.286. The van der Waals surface area contributed by atoms with Crippen LogP contribution in [0.4, 0.5) is 5.69 Å². The third-order valence-corrected chi connectivity index (χ3v) is 6.90. The lowest BCUT2D eigenvalue weighted by Gasteiger charge is -2.36. The molecule has 2 aliphatic heterocycles. The topological polar surface area (TPSA) is 74.7 Å². The molecule has 0 radical (unpaired) electrons. The van der Waals surface area contributed by atoms with Crippen molar-refractivity contribution < 1.29 is 18.4 Å². The van der Waals surface area contributed by atoms with Crippen LogP contribution in [0.3, 0.4) is 0 Å². The summed E-state index contributed by atoms with van der Waals surface area (Å²) >= 11 is 0. The van der Waals surface area contributed by atoms with Gasteiger partial charge in [-0.1, -0.05) is 30.3 Å². The average Bonchev–Trinajstić information content (AvgIpc) is 3.68. The molecule has 1 unspecified atom stereocenters. The fourth-order valence-corrected chi connectivity index (χ4v) is 5.02. The van der Waals surface area contributed by atoms with Crippen molar-refractivity contribution >= 4 is 28.3 Å². The van der Waals surface area contributed by atoms with Crippen LogP contribution in [0.1, 0.15) is 24.0 Å². The fraction of sp³-hybridized carbons (Fsp3) is 0.286. The Kier molecular flexibility index (Phi) is 5.95. The number of carbonyl (C=O) groups is 1. The Morgan fingerprint density at radius 3 is 2.61 bits per heavy atom. The van der Waals surface area contributed by atoms with E-state index in [2.05, 4.69) is 15.9 Å². The van der Waals surface area contributed by atoms with E-state index in [1.807, 2.05) is 60.7 Å². The predicted octanol–water partition coefficient (Wildman–Crippen LogP) is 4.53. The van der Waals surface area contributed by atoms with Gasteiger partial charge in [0.15, 0.2) is 5.76 Å². The van der Waals surface area contributed by atoms with Gasteiger partial charge in [0, 0.05) is 38.0 Å². The second-order valence-corrected chi connectivity index (χ2v) is 9.10. The zero-order chi connectivity index (χ0) is 24.5. The number of piperazine rings is 1. The van der Waals surface area contributed by atoms with E-state index in [9.17, 15) is 4.79 Å². The largest absolute Gasteiger partial charge is 0.495 e. The van der Waals surface area contributed by atoms with Crippen LogP contribution in [0.5, 0.6) is 5.75 Å². The Hall–Kier alpha value is -4.04. The minimum absolute atomic E-state index is 0.0479. The van der Waals surface area contributed by atoms with Crippen LogP contribution in [-0.4, -0.2) is 61.4 Å². The number of hydrazone groups is 1. The van der Waals surface area contributed by atoms with Crippen molar-refractivity contribution in [1.82, 2.24) is 9.91 Å². The zero-order valence-corrected chi connectivity index (χ0v) is 20.2. The van der Waals surface area contributed by atoms with E-state index in [-0.39, 0.29) is 11.9 Å². The summed E-state index contributed by atoms with van der Waals surface area (Å²) in [7, 11) is 1.69. The molecule has 1 atom stereocenters. The molecule has 0 saturated carbocycles. The van der Waals surface area contributed by atoms with Gasteiger partial charge in [-0.25, -0.2) is 5.01 Å². The monoisotopic (exact) mass is 484 g/mol. The molecule has 1 fully saturated rings. The van der Waals surface area contributed by atoms with Crippen molar-refractivity contribution in [1.29, 1.82) is 0 Å². The fourth-order valence-electron chi connectivity index (χ4n) is 5.02. The van der Waals surface area contributed by atoms with Gasteiger partial charge in [-0.15, -0.1) is 0 Å². The van der Waals surface area contributed by atoms with Crippen LogP contribution >= 0.6 is 0 Å². The summed E-state index contributed by atoms with van der Waals surface area (Å²) in [5.41, 5.74) is 2.65. The second-order valence-electron chi connectivity index (χ2n) is 9.10. The summed E-state index contributed by atoms with van der Waals surface area (Å²) < 4.78 is 17.3. The summed E-state index contributed by atoms with van der Waals surface area (Å²) in [5, 5.41) is 7.33. The van der Waals surface area contributed by atoms with E-state index in [0.29, 0.717) is 18.7 Å². The van der Waals surface area contributed by atoms with E-state index in [1.54, 1.807) is 18.4 Å². The Labute approximate surface area is 209 Å². The molecule has 0 spiro atoms. The number of anilines is 1. The van der Waals surface area contributed by atoms with E-state index >= 15 is 0 Å². The molecular weight excluding hydrogens is 456 g/mol.